The third kappa shape index (κ3) is 2.79. The second kappa shape index (κ2) is 5.13. The van der Waals surface area contributed by atoms with Crippen molar-refractivity contribution in [3.63, 3.8) is 0 Å². The van der Waals surface area contributed by atoms with E-state index in [0.717, 1.165) is 0 Å². The molecule has 0 spiro atoms. The Bertz CT molecular complexity index is 395. The van der Waals surface area contributed by atoms with Gasteiger partial charge in [-0.15, -0.1) is 0 Å². The highest BCUT2D eigenvalue weighted by atomic mass is 16.2. The van der Waals surface area contributed by atoms with E-state index in [2.05, 4.69) is 10.6 Å². The number of para-hydroxylation sites is 1. The van der Waals surface area contributed by atoms with Crippen molar-refractivity contribution >= 4 is 11.6 Å². The Balaban J connectivity index is 2.81. The molecule has 0 saturated heterocycles. The number of carbonyl (C=O) groups excluding carboxylic acids is 1. The van der Waals surface area contributed by atoms with Gasteiger partial charge in [-0.2, -0.15) is 5.26 Å². The summed E-state index contributed by atoms with van der Waals surface area (Å²) < 4.78 is 0. The average Bonchev–Trinajstić information content (AvgIpc) is 2.28. The number of anilines is 1. The van der Waals surface area contributed by atoms with Crippen LogP contribution in [0.25, 0.3) is 0 Å². The molecular weight excluding hydrogens is 190 g/mol. The Kier molecular flexibility index (Phi) is 3.83. The molecule has 78 valence electrons. The predicted octanol–water partition coefficient (Wildman–Crippen LogP) is 1.10. The Labute approximate surface area is 88.9 Å². The Morgan fingerprint density at radius 1 is 1.47 bits per heavy atom. The molecule has 0 saturated carbocycles. The van der Waals surface area contributed by atoms with E-state index in [1.165, 1.54) is 0 Å². The van der Waals surface area contributed by atoms with Gasteiger partial charge in [0.05, 0.1) is 17.3 Å². The maximum atomic E-state index is 11.5. The standard InChI is InChI=1S/C11H13N3O/c1-8(13-2)11(15)14-10-6-4-3-5-9(10)7-12/h3-6,8,13H,1-2H3,(H,14,15). The fourth-order valence-corrected chi connectivity index (χ4v) is 1.06. The minimum Gasteiger partial charge on any atom is -0.324 e. The Morgan fingerprint density at radius 2 is 2.13 bits per heavy atom. The van der Waals surface area contributed by atoms with Gasteiger partial charge >= 0.3 is 0 Å². The first-order chi connectivity index (χ1) is 7.19. The van der Waals surface area contributed by atoms with Crippen LogP contribution in [0.2, 0.25) is 0 Å². The van der Waals surface area contributed by atoms with Gasteiger partial charge in [0.15, 0.2) is 0 Å². The Morgan fingerprint density at radius 3 is 2.73 bits per heavy atom. The predicted molar refractivity (Wildman–Crippen MR) is 58.3 cm³/mol. The van der Waals surface area contributed by atoms with Crippen LogP contribution in [0.3, 0.4) is 0 Å². The summed E-state index contributed by atoms with van der Waals surface area (Å²) in [6.07, 6.45) is 0. The molecule has 1 amide bonds. The molecule has 0 aromatic heterocycles. The number of amides is 1. The van der Waals surface area contributed by atoms with E-state index in [1.807, 2.05) is 6.07 Å². The minimum atomic E-state index is -0.281. The monoisotopic (exact) mass is 203 g/mol. The average molecular weight is 203 g/mol. The summed E-state index contributed by atoms with van der Waals surface area (Å²) in [6.45, 7) is 1.75. The van der Waals surface area contributed by atoms with Crippen LogP contribution in [0.4, 0.5) is 5.69 Å². The first-order valence-electron chi connectivity index (χ1n) is 4.66. The third-order valence-electron chi connectivity index (χ3n) is 2.13. The number of benzene rings is 1. The zero-order valence-electron chi connectivity index (χ0n) is 8.74. The molecule has 0 bridgehead atoms. The number of nitrogens with one attached hydrogen (secondary N) is 2. The summed E-state index contributed by atoms with van der Waals surface area (Å²) in [7, 11) is 1.71. The summed E-state index contributed by atoms with van der Waals surface area (Å²) >= 11 is 0. The highest BCUT2D eigenvalue weighted by molar-refractivity contribution is 5.95. The lowest BCUT2D eigenvalue weighted by Crippen LogP contribution is -2.35. The summed E-state index contributed by atoms with van der Waals surface area (Å²) in [6, 6.07) is 8.65. The SMILES string of the molecule is CNC(C)C(=O)Nc1ccccc1C#N. The molecular formula is C11H13N3O. The maximum Gasteiger partial charge on any atom is 0.241 e. The number of nitrogens with zero attached hydrogens (tertiary/aromatic N) is 1. The maximum absolute atomic E-state index is 11.5. The quantitative estimate of drug-likeness (QED) is 0.773. The Hall–Kier alpha value is -1.86. The van der Waals surface area contributed by atoms with Gasteiger partial charge in [-0.05, 0) is 26.1 Å². The van der Waals surface area contributed by atoms with Crippen LogP contribution in [-0.4, -0.2) is 19.0 Å². The molecule has 0 fully saturated rings. The largest absolute Gasteiger partial charge is 0.324 e. The van der Waals surface area contributed by atoms with E-state index in [-0.39, 0.29) is 11.9 Å². The van der Waals surface area contributed by atoms with E-state index < -0.39 is 0 Å². The summed E-state index contributed by atoms with van der Waals surface area (Å²) in [4.78, 5) is 11.5. The van der Waals surface area contributed by atoms with Crippen molar-refractivity contribution in [2.45, 2.75) is 13.0 Å². The number of likely N-dealkylation sites (N-methyl/N-ethyl adjacent to an activating group) is 1. The minimum absolute atomic E-state index is 0.153. The van der Waals surface area contributed by atoms with Crippen molar-refractivity contribution in [2.24, 2.45) is 0 Å². The highest BCUT2D eigenvalue weighted by Gasteiger charge is 2.11. The molecule has 0 radical (unpaired) electrons. The summed E-state index contributed by atoms with van der Waals surface area (Å²) in [5.41, 5.74) is 1.02. The lowest BCUT2D eigenvalue weighted by molar-refractivity contribution is -0.117. The molecule has 1 atom stereocenters. The van der Waals surface area contributed by atoms with E-state index in [1.54, 1.807) is 38.2 Å². The van der Waals surface area contributed by atoms with Crippen molar-refractivity contribution in [2.75, 3.05) is 12.4 Å². The van der Waals surface area contributed by atoms with Crippen LogP contribution in [0, 0.1) is 11.3 Å². The molecule has 4 nitrogen and oxygen atoms in total. The normalized spacial score (nSPS) is 11.5. The van der Waals surface area contributed by atoms with E-state index >= 15 is 0 Å². The van der Waals surface area contributed by atoms with Crippen LogP contribution < -0.4 is 10.6 Å². The molecule has 4 heteroatoms. The fourth-order valence-electron chi connectivity index (χ4n) is 1.06. The van der Waals surface area contributed by atoms with Crippen molar-refractivity contribution in [3.8, 4) is 6.07 Å². The molecule has 15 heavy (non-hydrogen) atoms. The first-order valence-corrected chi connectivity index (χ1v) is 4.66. The molecule has 2 N–H and O–H groups in total. The number of hydrogen-bond acceptors (Lipinski definition) is 3. The van der Waals surface area contributed by atoms with Gasteiger partial charge in [0.25, 0.3) is 0 Å². The molecule has 0 aliphatic rings. The van der Waals surface area contributed by atoms with Crippen LogP contribution in [-0.2, 0) is 4.79 Å². The lowest BCUT2D eigenvalue weighted by atomic mass is 10.2. The second-order valence-corrected chi connectivity index (χ2v) is 3.16. The molecule has 1 aromatic rings. The second-order valence-electron chi connectivity index (χ2n) is 3.16. The van der Waals surface area contributed by atoms with Crippen molar-refractivity contribution in [1.29, 1.82) is 5.26 Å². The van der Waals surface area contributed by atoms with Gasteiger partial charge in [-0.1, -0.05) is 12.1 Å². The number of rotatable bonds is 3. The molecule has 0 aliphatic carbocycles. The van der Waals surface area contributed by atoms with Gasteiger partial charge in [0, 0.05) is 0 Å². The van der Waals surface area contributed by atoms with E-state index in [4.69, 9.17) is 5.26 Å². The van der Waals surface area contributed by atoms with Crippen molar-refractivity contribution < 1.29 is 4.79 Å². The third-order valence-corrected chi connectivity index (χ3v) is 2.13. The molecule has 1 unspecified atom stereocenters. The first kappa shape index (κ1) is 11.2. The number of hydrogen-bond donors (Lipinski definition) is 2. The van der Waals surface area contributed by atoms with Crippen LogP contribution in [0.5, 0.6) is 0 Å². The molecule has 0 heterocycles. The van der Waals surface area contributed by atoms with Gasteiger partial charge in [-0.3, -0.25) is 4.79 Å². The van der Waals surface area contributed by atoms with E-state index in [0.29, 0.717) is 11.3 Å². The molecule has 0 aliphatic heterocycles. The van der Waals surface area contributed by atoms with Crippen LogP contribution in [0.15, 0.2) is 24.3 Å². The fraction of sp³-hybridized carbons (Fsp3) is 0.273. The zero-order chi connectivity index (χ0) is 11.3. The summed E-state index contributed by atoms with van der Waals surface area (Å²) in [5.74, 6) is -0.153. The van der Waals surface area contributed by atoms with Crippen LogP contribution >= 0.6 is 0 Å². The van der Waals surface area contributed by atoms with Gasteiger partial charge in [-0.25, -0.2) is 0 Å². The number of carbonyl (C=O) groups is 1. The van der Waals surface area contributed by atoms with Gasteiger partial charge in [0.1, 0.15) is 6.07 Å². The van der Waals surface area contributed by atoms with Crippen molar-refractivity contribution in [1.82, 2.24) is 5.32 Å². The van der Waals surface area contributed by atoms with Crippen molar-refractivity contribution in [3.05, 3.63) is 29.8 Å². The van der Waals surface area contributed by atoms with Crippen LogP contribution in [0.1, 0.15) is 12.5 Å². The lowest BCUT2D eigenvalue weighted by Gasteiger charge is -2.11. The smallest absolute Gasteiger partial charge is 0.241 e. The zero-order valence-corrected chi connectivity index (χ0v) is 8.74. The topological polar surface area (TPSA) is 64.9 Å². The number of nitriles is 1. The van der Waals surface area contributed by atoms with Gasteiger partial charge in [0.2, 0.25) is 5.91 Å². The summed E-state index contributed by atoms with van der Waals surface area (Å²) in [5, 5.41) is 14.3. The highest BCUT2D eigenvalue weighted by Crippen LogP contribution is 2.13. The molecule has 1 rings (SSSR count). The van der Waals surface area contributed by atoms with E-state index in [9.17, 15) is 4.79 Å². The van der Waals surface area contributed by atoms with Gasteiger partial charge < -0.3 is 10.6 Å². The molecule has 1 aromatic carbocycles.